The highest BCUT2D eigenvalue weighted by Crippen LogP contribution is 2.20. The predicted octanol–water partition coefficient (Wildman–Crippen LogP) is 4.00. The van der Waals surface area contributed by atoms with Gasteiger partial charge in [0.2, 0.25) is 0 Å². The van der Waals surface area contributed by atoms with Gasteiger partial charge in [0, 0.05) is 0 Å². The zero-order chi connectivity index (χ0) is 15.2. The summed E-state index contributed by atoms with van der Waals surface area (Å²) in [7, 11) is 1.37. The molecular weight excluding hydrogens is 264 g/mol. The number of hydrogen-bond donors (Lipinski definition) is 1. The molecule has 3 heteroatoms. The highest BCUT2D eigenvalue weighted by molar-refractivity contribution is 5.89. The van der Waals surface area contributed by atoms with Crippen molar-refractivity contribution >= 4 is 12.0 Å². The van der Waals surface area contributed by atoms with Crippen LogP contribution in [0.25, 0.3) is 6.08 Å². The molecule has 108 valence electrons. The van der Waals surface area contributed by atoms with E-state index in [1.54, 1.807) is 24.3 Å². The number of methoxy groups -OCH3 is 1. The molecule has 0 aromatic heterocycles. The first-order chi connectivity index (χ1) is 10.1. The Hall–Kier alpha value is -2.55. The van der Waals surface area contributed by atoms with Gasteiger partial charge in [-0.15, -0.1) is 0 Å². The van der Waals surface area contributed by atoms with Crippen LogP contribution in [0.5, 0.6) is 5.75 Å². The lowest BCUT2D eigenvalue weighted by Gasteiger charge is -2.06. The van der Waals surface area contributed by atoms with Crippen LogP contribution in [0.2, 0.25) is 0 Å². The molecule has 0 aliphatic carbocycles. The molecule has 1 N–H and O–H groups in total. The number of phenols is 1. The van der Waals surface area contributed by atoms with Crippen LogP contribution < -0.4 is 0 Å². The summed E-state index contributed by atoms with van der Waals surface area (Å²) in [6.07, 6.45) is 4.10. The van der Waals surface area contributed by atoms with Crippen molar-refractivity contribution < 1.29 is 14.6 Å². The molecule has 0 heterocycles. The lowest BCUT2D eigenvalue weighted by atomic mass is 9.99. The first kappa shape index (κ1) is 14.9. The smallest absolute Gasteiger partial charge is 0.337 e. The first-order valence-corrected chi connectivity index (χ1v) is 6.75. The van der Waals surface area contributed by atoms with E-state index in [2.05, 4.69) is 17.7 Å². The third-order valence-electron chi connectivity index (χ3n) is 3.33. The molecule has 0 fully saturated rings. The van der Waals surface area contributed by atoms with E-state index in [1.807, 2.05) is 30.3 Å². The minimum Gasteiger partial charge on any atom is -0.508 e. The molecule has 0 saturated heterocycles. The molecule has 1 unspecified atom stereocenters. The van der Waals surface area contributed by atoms with Crippen LogP contribution in [0.15, 0.2) is 54.6 Å². The van der Waals surface area contributed by atoms with Crippen LogP contribution in [-0.2, 0) is 4.74 Å². The van der Waals surface area contributed by atoms with E-state index in [4.69, 9.17) is 0 Å². The Labute approximate surface area is 124 Å². The molecule has 21 heavy (non-hydrogen) atoms. The average Bonchev–Trinajstić information content (AvgIpc) is 2.53. The fourth-order valence-electron chi connectivity index (χ4n) is 1.99. The third kappa shape index (κ3) is 3.96. The Balaban J connectivity index is 2.06. The number of aromatic hydroxyl groups is 1. The van der Waals surface area contributed by atoms with Gasteiger partial charge in [-0.2, -0.15) is 0 Å². The van der Waals surface area contributed by atoms with Crippen molar-refractivity contribution in [1.82, 2.24) is 0 Å². The quantitative estimate of drug-likeness (QED) is 0.862. The maximum absolute atomic E-state index is 11.3. The zero-order valence-electron chi connectivity index (χ0n) is 12.1. The maximum Gasteiger partial charge on any atom is 0.337 e. The Kier molecular flexibility index (Phi) is 4.77. The molecule has 0 amide bonds. The van der Waals surface area contributed by atoms with E-state index in [-0.39, 0.29) is 17.6 Å². The molecule has 2 aromatic carbocycles. The van der Waals surface area contributed by atoms with Crippen LogP contribution >= 0.6 is 0 Å². The second-order valence-corrected chi connectivity index (χ2v) is 4.85. The van der Waals surface area contributed by atoms with Gasteiger partial charge >= 0.3 is 5.97 Å². The molecule has 0 spiro atoms. The standard InChI is InChI=1S/C18H18O3/c1-13(15-9-11-17(19)12-10-15)3-4-14-5-7-16(8-6-14)18(20)21-2/h3-13,19H,1-2H3/b4-3+. The summed E-state index contributed by atoms with van der Waals surface area (Å²) >= 11 is 0. The van der Waals surface area contributed by atoms with Gasteiger partial charge in [0.05, 0.1) is 12.7 Å². The summed E-state index contributed by atoms with van der Waals surface area (Å²) in [5, 5.41) is 9.28. The summed E-state index contributed by atoms with van der Waals surface area (Å²) in [5.41, 5.74) is 2.70. The monoisotopic (exact) mass is 282 g/mol. The topological polar surface area (TPSA) is 46.5 Å². The fourth-order valence-corrected chi connectivity index (χ4v) is 1.99. The number of hydrogen-bond acceptors (Lipinski definition) is 3. The van der Waals surface area contributed by atoms with Gasteiger partial charge in [0.1, 0.15) is 5.75 Å². The van der Waals surface area contributed by atoms with Crippen molar-refractivity contribution in [3.63, 3.8) is 0 Å². The van der Waals surface area contributed by atoms with E-state index in [0.29, 0.717) is 5.56 Å². The largest absolute Gasteiger partial charge is 0.508 e. The lowest BCUT2D eigenvalue weighted by molar-refractivity contribution is 0.0600. The van der Waals surface area contributed by atoms with E-state index in [1.165, 1.54) is 7.11 Å². The number of ether oxygens (including phenoxy) is 1. The van der Waals surface area contributed by atoms with Gasteiger partial charge in [-0.3, -0.25) is 0 Å². The van der Waals surface area contributed by atoms with Crippen molar-refractivity contribution in [2.75, 3.05) is 7.11 Å². The van der Waals surface area contributed by atoms with Gasteiger partial charge < -0.3 is 9.84 Å². The average molecular weight is 282 g/mol. The van der Waals surface area contributed by atoms with Gasteiger partial charge in [-0.1, -0.05) is 43.3 Å². The summed E-state index contributed by atoms with van der Waals surface area (Å²) < 4.78 is 4.66. The number of carbonyl (C=O) groups is 1. The highest BCUT2D eigenvalue weighted by atomic mass is 16.5. The molecule has 2 rings (SSSR count). The molecule has 0 radical (unpaired) electrons. The molecule has 1 atom stereocenters. The Morgan fingerprint density at radius 3 is 2.29 bits per heavy atom. The Morgan fingerprint density at radius 2 is 1.71 bits per heavy atom. The van der Waals surface area contributed by atoms with Crippen LogP contribution in [0, 0.1) is 0 Å². The number of carbonyl (C=O) groups excluding carboxylic acids is 1. The molecule has 0 saturated carbocycles. The van der Waals surface area contributed by atoms with Crippen LogP contribution in [0.1, 0.15) is 34.3 Å². The van der Waals surface area contributed by atoms with Crippen LogP contribution in [-0.4, -0.2) is 18.2 Å². The highest BCUT2D eigenvalue weighted by Gasteiger charge is 2.04. The molecule has 0 aliphatic heterocycles. The molecule has 3 nitrogen and oxygen atoms in total. The number of esters is 1. The second-order valence-electron chi connectivity index (χ2n) is 4.85. The van der Waals surface area contributed by atoms with Gasteiger partial charge in [0.25, 0.3) is 0 Å². The zero-order valence-corrected chi connectivity index (χ0v) is 12.1. The normalized spacial score (nSPS) is 12.3. The maximum atomic E-state index is 11.3. The minimum atomic E-state index is -0.331. The Bertz CT molecular complexity index is 625. The number of rotatable bonds is 4. The second kappa shape index (κ2) is 6.75. The SMILES string of the molecule is COC(=O)c1ccc(/C=C/C(C)c2ccc(O)cc2)cc1. The van der Waals surface area contributed by atoms with E-state index >= 15 is 0 Å². The van der Waals surface area contributed by atoms with Gasteiger partial charge in [0.15, 0.2) is 0 Å². The van der Waals surface area contributed by atoms with Crippen LogP contribution in [0.4, 0.5) is 0 Å². The number of phenolic OH excluding ortho intramolecular Hbond substituents is 1. The van der Waals surface area contributed by atoms with E-state index < -0.39 is 0 Å². The Morgan fingerprint density at radius 1 is 1.10 bits per heavy atom. The summed E-state index contributed by atoms with van der Waals surface area (Å²) in [6.45, 7) is 2.09. The van der Waals surface area contributed by atoms with Crippen molar-refractivity contribution in [1.29, 1.82) is 0 Å². The van der Waals surface area contributed by atoms with Crippen molar-refractivity contribution in [2.45, 2.75) is 12.8 Å². The molecule has 0 bridgehead atoms. The van der Waals surface area contributed by atoms with Gasteiger partial charge in [-0.25, -0.2) is 4.79 Å². The van der Waals surface area contributed by atoms with Crippen molar-refractivity contribution in [3.05, 3.63) is 71.3 Å². The van der Waals surface area contributed by atoms with Crippen molar-refractivity contribution in [2.24, 2.45) is 0 Å². The third-order valence-corrected chi connectivity index (χ3v) is 3.33. The van der Waals surface area contributed by atoms with E-state index in [0.717, 1.165) is 11.1 Å². The van der Waals surface area contributed by atoms with E-state index in [9.17, 15) is 9.90 Å². The minimum absolute atomic E-state index is 0.242. The lowest BCUT2D eigenvalue weighted by Crippen LogP contribution is -2.00. The number of allylic oxidation sites excluding steroid dienone is 1. The van der Waals surface area contributed by atoms with Gasteiger partial charge in [-0.05, 0) is 41.3 Å². The molecule has 2 aromatic rings. The summed E-state index contributed by atoms with van der Waals surface area (Å²) in [5.74, 6) is 0.183. The molecule has 0 aliphatic rings. The summed E-state index contributed by atoms with van der Waals surface area (Å²) in [4.78, 5) is 11.3. The number of benzene rings is 2. The molecular formula is C18H18O3. The summed E-state index contributed by atoms with van der Waals surface area (Å²) in [6, 6.07) is 14.4. The fraction of sp³-hybridized carbons (Fsp3) is 0.167. The first-order valence-electron chi connectivity index (χ1n) is 6.75. The van der Waals surface area contributed by atoms with Crippen LogP contribution in [0.3, 0.4) is 0 Å². The van der Waals surface area contributed by atoms with Crippen molar-refractivity contribution in [3.8, 4) is 5.75 Å². The predicted molar refractivity (Wildman–Crippen MR) is 83.3 cm³/mol.